The average Bonchev–Trinajstić information content (AvgIpc) is 2.88. The van der Waals surface area contributed by atoms with E-state index in [1.54, 1.807) is 7.11 Å². The molecule has 2 unspecified atom stereocenters. The SMILES string of the molecule is COc1ccc(CC(=O)C2CCC(CN)O2)cc1Br. The number of halogens is 1. The molecule has 5 heteroatoms. The molecular formula is C14H18BrNO3. The van der Waals surface area contributed by atoms with Gasteiger partial charge >= 0.3 is 0 Å². The van der Waals surface area contributed by atoms with Crippen molar-refractivity contribution >= 4 is 21.7 Å². The topological polar surface area (TPSA) is 61.5 Å². The van der Waals surface area contributed by atoms with Crippen LogP contribution in [-0.4, -0.2) is 31.6 Å². The standard InChI is InChI=1S/C14H18BrNO3/c1-18-13-4-2-9(6-11(13)15)7-12(17)14-5-3-10(8-16)19-14/h2,4,6,10,14H,3,5,7-8,16H2,1H3. The average molecular weight is 328 g/mol. The van der Waals surface area contributed by atoms with E-state index in [1.807, 2.05) is 18.2 Å². The van der Waals surface area contributed by atoms with Crippen LogP contribution in [0.5, 0.6) is 5.75 Å². The van der Waals surface area contributed by atoms with Crippen LogP contribution in [0.1, 0.15) is 18.4 Å². The Labute approximate surface area is 121 Å². The van der Waals surface area contributed by atoms with E-state index < -0.39 is 0 Å². The first kappa shape index (κ1) is 14.5. The Balaban J connectivity index is 1.97. The van der Waals surface area contributed by atoms with Gasteiger partial charge in [0.05, 0.1) is 17.7 Å². The van der Waals surface area contributed by atoms with E-state index in [4.69, 9.17) is 15.2 Å². The number of carbonyl (C=O) groups is 1. The van der Waals surface area contributed by atoms with Crippen molar-refractivity contribution in [2.45, 2.75) is 31.5 Å². The lowest BCUT2D eigenvalue weighted by Gasteiger charge is -2.12. The van der Waals surface area contributed by atoms with Gasteiger partial charge in [0.25, 0.3) is 0 Å². The second-order valence-electron chi connectivity index (χ2n) is 4.67. The molecule has 0 aliphatic carbocycles. The van der Waals surface area contributed by atoms with Crippen molar-refractivity contribution in [1.29, 1.82) is 0 Å². The molecule has 1 aliphatic rings. The molecular weight excluding hydrogens is 310 g/mol. The highest BCUT2D eigenvalue weighted by molar-refractivity contribution is 9.10. The molecule has 0 saturated carbocycles. The normalized spacial score (nSPS) is 22.5. The van der Waals surface area contributed by atoms with Crippen molar-refractivity contribution in [2.75, 3.05) is 13.7 Å². The first-order valence-electron chi connectivity index (χ1n) is 6.34. The maximum Gasteiger partial charge on any atom is 0.165 e. The quantitative estimate of drug-likeness (QED) is 0.899. The van der Waals surface area contributed by atoms with Crippen LogP contribution in [0, 0.1) is 0 Å². The predicted octanol–water partition coefficient (Wildman–Crippen LogP) is 2.08. The zero-order valence-electron chi connectivity index (χ0n) is 10.9. The van der Waals surface area contributed by atoms with Gasteiger partial charge in [-0.15, -0.1) is 0 Å². The molecule has 0 radical (unpaired) electrons. The predicted molar refractivity (Wildman–Crippen MR) is 76.4 cm³/mol. The zero-order chi connectivity index (χ0) is 13.8. The third-order valence-corrected chi connectivity index (χ3v) is 3.94. The molecule has 104 valence electrons. The van der Waals surface area contributed by atoms with Gasteiger partial charge in [0.1, 0.15) is 11.9 Å². The number of ketones is 1. The molecule has 1 saturated heterocycles. The fraction of sp³-hybridized carbons (Fsp3) is 0.500. The summed E-state index contributed by atoms with van der Waals surface area (Å²) in [6.07, 6.45) is 1.77. The largest absolute Gasteiger partial charge is 0.496 e. The van der Waals surface area contributed by atoms with E-state index in [0.29, 0.717) is 13.0 Å². The van der Waals surface area contributed by atoms with Gasteiger partial charge in [0.15, 0.2) is 5.78 Å². The van der Waals surface area contributed by atoms with Crippen molar-refractivity contribution in [3.63, 3.8) is 0 Å². The first-order chi connectivity index (χ1) is 9.13. The summed E-state index contributed by atoms with van der Waals surface area (Å²) in [4.78, 5) is 12.1. The van der Waals surface area contributed by atoms with Gasteiger partial charge in [-0.1, -0.05) is 6.07 Å². The van der Waals surface area contributed by atoms with Crippen molar-refractivity contribution < 1.29 is 14.3 Å². The molecule has 0 spiro atoms. The lowest BCUT2D eigenvalue weighted by molar-refractivity contribution is -0.128. The molecule has 4 nitrogen and oxygen atoms in total. The number of benzene rings is 1. The Hall–Kier alpha value is -0.910. The van der Waals surface area contributed by atoms with Gasteiger partial charge in [-0.05, 0) is 46.5 Å². The summed E-state index contributed by atoms with van der Waals surface area (Å²) in [5.41, 5.74) is 6.50. The number of carbonyl (C=O) groups excluding carboxylic acids is 1. The molecule has 0 bridgehead atoms. The third-order valence-electron chi connectivity index (χ3n) is 3.32. The monoisotopic (exact) mass is 327 g/mol. The van der Waals surface area contributed by atoms with Gasteiger partial charge in [0.2, 0.25) is 0 Å². The van der Waals surface area contributed by atoms with Gasteiger partial charge < -0.3 is 15.2 Å². The molecule has 1 aliphatic heterocycles. The Morgan fingerprint density at radius 1 is 1.53 bits per heavy atom. The van der Waals surface area contributed by atoms with Gasteiger partial charge in [0, 0.05) is 13.0 Å². The summed E-state index contributed by atoms with van der Waals surface area (Å²) in [6.45, 7) is 0.484. The molecule has 0 aromatic heterocycles. The van der Waals surface area contributed by atoms with Crippen molar-refractivity contribution in [3.8, 4) is 5.75 Å². The molecule has 0 amide bonds. The lowest BCUT2D eigenvalue weighted by atomic mass is 10.0. The highest BCUT2D eigenvalue weighted by Crippen LogP contribution is 2.27. The van der Waals surface area contributed by atoms with Crippen molar-refractivity contribution in [3.05, 3.63) is 28.2 Å². The Bertz CT molecular complexity index is 464. The number of nitrogens with two attached hydrogens (primary N) is 1. The summed E-state index contributed by atoms with van der Waals surface area (Å²) < 4.78 is 11.6. The van der Waals surface area contributed by atoms with E-state index in [1.165, 1.54) is 0 Å². The van der Waals surface area contributed by atoms with Gasteiger partial charge in [-0.3, -0.25) is 4.79 Å². The van der Waals surface area contributed by atoms with E-state index in [-0.39, 0.29) is 18.0 Å². The molecule has 1 aromatic carbocycles. The minimum atomic E-state index is -0.297. The molecule has 2 atom stereocenters. The van der Waals surface area contributed by atoms with E-state index in [9.17, 15) is 4.79 Å². The fourth-order valence-electron chi connectivity index (χ4n) is 2.25. The highest BCUT2D eigenvalue weighted by Gasteiger charge is 2.29. The lowest BCUT2D eigenvalue weighted by Crippen LogP contribution is -2.26. The smallest absolute Gasteiger partial charge is 0.165 e. The number of rotatable bonds is 5. The minimum absolute atomic E-state index is 0.0385. The van der Waals surface area contributed by atoms with E-state index in [0.717, 1.165) is 28.6 Å². The molecule has 19 heavy (non-hydrogen) atoms. The fourth-order valence-corrected chi connectivity index (χ4v) is 2.84. The summed E-state index contributed by atoms with van der Waals surface area (Å²) >= 11 is 3.42. The van der Waals surface area contributed by atoms with Gasteiger partial charge in [-0.25, -0.2) is 0 Å². The summed E-state index contributed by atoms with van der Waals surface area (Å²) in [5.74, 6) is 0.879. The van der Waals surface area contributed by atoms with Gasteiger partial charge in [-0.2, -0.15) is 0 Å². The van der Waals surface area contributed by atoms with Crippen LogP contribution >= 0.6 is 15.9 Å². The first-order valence-corrected chi connectivity index (χ1v) is 7.14. The van der Waals surface area contributed by atoms with Crippen LogP contribution in [0.3, 0.4) is 0 Å². The molecule has 2 N–H and O–H groups in total. The maximum absolute atomic E-state index is 12.1. The molecule has 1 aromatic rings. The van der Waals surface area contributed by atoms with Crippen LogP contribution in [0.25, 0.3) is 0 Å². The number of methoxy groups -OCH3 is 1. The minimum Gasteiger partial charge on any atom is -0.496 e. The van der Waals surface area contributed by atoms with Crippen LogP contribution in [0.4, 0.5) is 0 Å². The van der Waals surface area contributed by atoms with Crippen LogP contribution in [0.15, 0.2) is 22.7 Å². The Morgan fingerprint density at radius 2 is 2.32 bits per heavy atom. The summed E-state index contributed by atoms with van der Waals surface area (Å²) in [6, 6.07) is 5.66. The number of hydrogen-bond donors (Lipinski definition) is 1. The number of ether oxygens (including phenoxy) is 2. The Morgan fingerprint density at radius 3 is 2.89 bits per heavy atom. The van der Waals surface area contributed by atoms with Crippen LogP contribution in [-0.2, 0) is 16.0 Å². The Kier molecular flexibility index (Phi) is 4.96. The van der Waals surface area contributed by atoms with Crippen molar-refractivity contribution in [2.24, 2.45) is 5.73 Å². The number of hydrogen-bond acceptors (Lipinski definition) is 4. The number of Topliss-reactive ketones (excluding diaryl/α,β-unsaturated/α-hetero) is 1. The zero-order valence-corrected chi connectivity index (χ0v) is 12.5. The van der Waals surface area contributed by atoms with Crippen molar-refractivity contribution in [1.82, 2.24) is 0 Å². The van der Waals surface area contributed by atoms with Crippen LogP contribution in [0.2, 0.25) is 0 Å². The molecule has 2 rings (SSSR count). The van der Waals surface area contributed by atoms with E-state index in [2.05, 4.69) is 15.9 Å². The highest BCUT2D eigenvalue weighted by atomic mass is 79.9. The maximum atomic E-state index is 12.1. The van der Waals surface area contributed by atoms with E-state index >= 15 is 0 Å². The summed E-state index contributed by atoms with van der Waals surface area (Å²) in [5, 5.41) is 0. The second kappa shape index (κ2) is 6.50. The second-order valence-corrected chi connectivity index (χ2v) is 5.53. The molecule has 1 heterocycles. The molecule has 1 fully saturated rings. The third kappa shape index (κ3) is 3.55. The van der Waals surface area contributed by atoms with Crippen LogP contribution < -0.4 is 10.5 Å². The summed E-state index contributed by atoms with van der Waals surface area (Å²) in [7, 11) is 1.62.